The third-order valence-corrected chi connectivity index (χ3v) is 3.04. The van der Waals surface area contributed by atoms with Gasteiger partial charge in [0.15, 0.2) is 0 Å². The van der Waals surface area contributed by atoms with Gasteiger partial charge in [-0.05, 0) is 11.4 Å². The quantitative estimate of drug-likeness (QED) is 0.561. The SMILES string of the molecule is C1=Nc2sccc2SC1. The monoisotopic (exact) mass is 155 g/mol. The average Bonchev–Trinajstić information content (AvgIpc) is 2.33. The van der Waals surface area contributed by atoms with Gasteiger partial charge in [0.1, 0.15) is 5.00 Å². The molecule has 0 atom stereocenters. The van der Waals surface area contributed by atoms with Crippen molar-refractivity contribution in [2.45, 2.75) is 4.90 Å². The molecule has 0 N–H and O–H groups in total. The average molecular weight is 155 g/mol. The lowest BCUT2D eigenvalue weighted by Gasteiger charge is -2.00. The van der Waals surface area contributed by atoms with Gasteiger partial charge in [0.2, 0.25) is 0 Å². The van der Waals surface area contributed by atoms with E-state index in [9.17, 15) is 0 Å². The Morgan fingerprint density at radius 2 is 2.56 bits per heavy atom. The van der Waals surface area contributed by atoms with Crippen LogP contribution in [0.5, 0.6) is 0 Å². The highest BCUT2D eigenvalue weighted by atomic mass is 32.2. The fraction of sp³-hybridized carbons (Fsp3) is 0.167. The van der Waals surface area contributed by atoms with Crippen LogP contribution < -0.4 is 0 Å². The molecule has 0 fully saturated rings. The van der Waals surface area contributed by atoms with E-state index in [1.165, 1.54) is 9.90 Å². The summed E-state index contributed by atoms with van der Waals surface area (Å²) in [6.07, 6.45) is 1.96. The van der Waals surface area contributed by atoms with Gasteiger partial charge in [-0.15, -0.1) is 23.1 Å². The van der Waals surface area contributed by atoms with Crippen LogP contribution in [0, 0.1) is 0 Å². The lowest BCUT2D eigenvalue weighted by molar-refractivity contribution is 1.46. The van der Waals surface area contributed by atoms with Crippen molar-refractivity contribution in [3.63, 3.8) is 0 Å². The molecule has 2 heterocycles. The van der Waals surface area contributed by atoms with Crippen LogP contribution in [-0.2, 0) is 0 Å². The van der Waals surface area contributed by atoms with E-state index in [4.69, 9.17) is 0 Å². The molecule has 0 spiro atoms. The molecule has 0 amide bonds. The molecule has 0 bridgehead atoms. The van der Waals surface area contributed by atoms with Crippen LogP contribution in [0.25, 0.3) is 0 Å². The molecular formula is C6H5NS2. The fourth-order valence-electron chi connectivity index (χ4n) is 0.741. The van der Waals surface area contributed by atoms with Crippen molar-refractivity contribution < 1.29 is 0 Å². The Morgan fingerprint density at radius 3 is 3.44 bits per heavy atom. The molecule has 0 aliphatic carbocycles. The van der Waals surface area contributed by atoms with Gasteiger partial charge < -0.3 is 0 Å². The summed E-state index contributed by atoms with van der Waals surface area (Å²) in [5, 5.41) is 3.26. The number of nitrogens with zero attached hydrogens (tertiary/aromatic N) is 1. The summed E-state index contributed by atoms with van der Waals surface area (Å²) < 4.78 is 0. The molecule has 1 aromatic heterocycles. The Balaban J connectivity index is 2.53. The van der Waals surface area contributed by atoms with E-state index < -0.39 is 0 Å². The molecule has 0 radical (unpaired) electrons. The minimum atomic E-state index is 1.03. The van der Waals surface area contributed by atoms with E-state index in [1.807, 2.05) is 18.0 Å². The molecule has 0 aromatic carbocycles. The lowest BCUT2D eigenvalue weighted by Crippen LogP contribution is -1.82. The van der Waals surface area contributed by atoms with E-state index in [1.54, 1.807) is 11.3 Å². The minimum Gasteiger partial charge on any atom is -0.248 e. The topological polar surface area (TPSA) is 12.4 Å². The highest BCUT2D eigenvalue weighted by molar-refractivity contribution is 8.00. The standard InChI is InChI=1S/C6H5NS2/c1-3-9-6-5(1)8-4-2-7-6/h1-3H,4H2. The van der Waals surface area contributed by atoms with Gasteiger partial charge in [-0.25, -0.2) is 4.99 Å². The maximum Gasteiger partial charge on any atom is 0.129 e. The summed E-state index contributed by atoms with van der Waals surface area (Å²) in [6.45, 7) is 0. The van der Waals surface area contributed by atoms with Crippen LogP contribution in [0.4, 0.5) is 5.00 Å². The minimum absolute atomic E-state index is 1.03. The summed E-state index contributed by atoms with van der Waals surface area (Å²) in [5.41, 5.74) is 0. The maximum atomic E-state index is 4.23. The molecule has 0 saturated carbocycles. The molecule has 46 valence electrons. The van der Waals surface area contributed by atoms with E-state index in [0.29, 0.717) is 0 Å². The number of thiophene rings is 1. The smallest absolute Gasteiger partial charge is 0.129 e. The molecule has 0 saturated heterocycles. The normalized spacial score (nSPS) is 15.6. The number of hydrogen-bond acceptors (Lipinski definition) is 3. The van der Waals surface area contributed by atoms with Crippen molar-refractivity contribution in [1.29, 1.82) is 0 Å². The zero-order valence-electron chi connectivity index (χ0n) is 4.70. The Kier molecular flexibility index (Phi) is 1.32. The van der Waals surface area contributed by atoms with Crippen LogP contribution in [0.2, 0.25) is 0 Å². The van der Waals surface area contributed by atoms with Gasteiger partial charge in [-0.2, -0.15) is 0 Å². The molecule has 1 aliphatic rings. The maximum absolute atomic E-state index is 4.23. The first-order valence-electron chi connectivity index (χ1n) is 2.69. The molecule has 0 unspecified atom stereocenters. The number of thioether (sulfide) groups is 1. The highest BCUT2D eigenvalue weighted by Crippen LogP contribution is 2.36. The summed E-state index contributed by atoms with van der Waals surface area (Å²) in [4.78, 5) is 5.56. The van der Waals surface area contributed by atoms with E-state index in [-0.39, 0.29) is 0 Å². The van der Waals surface area contributed by atoms with Crippen LogP contribution in [0.1, 0.15) is 0 Å². The zero-order valence-corrected chi connectivity index (χ0v) is 6.34. The predicted molar refractivity (Wildman–Crippen MR) is 43.2 cm³/mol. The van der Waals surface area contributed by atoms with Gasteiger partial charge in [0, 0.05) is 16.9 Å². The van der Waals surface area contributed by atoms with E-state index in [2.05, 4.69) is 16.4 Å². The second kappa shape index (κ2) is 2.15. The van der Waals surface area contributed by atoms with Crippen molar-refractivity contribution in [1.82, 2.24) is 0 Å². The Bertz CT molecular complexity index is 239. The van der Waals surface area contributed by atoms with Crippen LogP contribution in [0.15, 0.2) is 21.3 Å². The van der Waals surface area contributed by atoms with E-state index >= 15 is 0 Å². The van der Waals surface area contributed by atoms with Crippen molar-refractivity contribution in [2.24, 2.45) is 4.99 Å². The number of aliphatic imine (C=N–C) groups is 1. The first-order chi connectivity index (χ1) is 4.47. The number of rotatable bonds is 0. The molecule has 9 heavy (non-hydrogen) atoms. The molecule has 2 rings (SSSR count). The molecule has 1 aliphatic heterocycles. The van der Waals surface area contributed by atoms with Gasteiger partial charge in [-0.3, -0.25) is 0 Å². The van der Waals surface area contributed by atoms with Crippen LogP contribution in [-0.4, -0.2) is 12.0 Å². The number of hydrogen-bond donors (Lipinski definition) is 0. The first kappa shape index (κ1) is 5.50. The third kappa shape index (κ3) is 0.904. The molecule has 1 aromatic rings. The zero-order chi connectivity index (χ0) is 6.10. The Labute approximate surface area is 61.8 Å². The molecule has 1 nitrogen and oxygen atoms in total. The highest BCUT2D eigenvalue weighted by Gasteiger charge is 2.04. The van der Waals surface area contributed by atoms with Crippen molar-refractivity contribution in [3.05, 3.63) is 11.4 Å². The number of fused-ring (bicyclic) bond motifs is 1. The Hall–Kier alpha value is -0.280. The second-order valence-electron chi connectivity index (χ2n) is 1.71. The van der Waals surface area contributed by atoms with E-state index in [0.717, 1.165) is 5.75 Å². The lowest BCUT2D eigenvalue weighted by atomic mass is 10.6. The fourth-order valence-corrected chi connectivity index (χ4v) is 2.47. The summed E-state index contributed by atoms with van der Waals surface area (Å²) >= 11 is 3.56. The van der Waals surface area contributed by atoms with Crippen molar-refractivity contribution >= 4 is 34.3 Å². The summed E-state index contributed by atoms with van der Waals surface area (Å²) in [7, 11) is 0. The van der Waals surface area contributed by atoms with Crippen LogP contribution in [0.3, 0.4) is 0 Å². The summed E-state index contributed by atoms with van der Waals surface area (Å²) in [6, 6.07) is 2.13. The van der Waals surface area contributed by atoms with Gasteiger partial charge in [0.05, 0.1) is 0 Å². The van der Waals surface area contributed by atoms with Crippen molar-refractivity contribution in [2.75, 3.05) is 5.75 Å². The second-order valence-corrected chi connectivity index (χ2v) is 3.67. The predicted octanol–water partition coefficient (Wildman–Crippen LogP) is 2.56. The first-order valence-corrected chi connectivity index (χ1v) is 4.56. The van der Waals surface area contributed by atoms with Crippen LogP contribution >= 0.6 is 23.1 Å². The Morgan fingerprint density at radius 1 is 1.56 bits per heavy atom. The third-order valence-electron chi connectivity index (χ3n) is 1.13. The van der Waals surface area contributed by atoms with Gasteiger partial charge in [0.25, 0.3) is 0 Å². The van der Waals surface area contributed by atoms with Gasteiger partial charge in [-0.1, -0.05) is 0 Å². The van der Waals surface area contributed by atoms with Gasteiger partial charge >= 0.3 is 0 Å². The molecular weight excluding hydrogens is 150 g/mol. The largest absolute Gasteiger partial charge is 0.248 e. The summed E-state index contributed by atoms with van der Waals surface area (Å²) in [5.74, 6) is 1.03. The molecule has 3 heteroatoms. The van der Waals surface area contributed by atoms with Crippen molar-refractivity contribution in [3.8, 4) is 0 Å².